The van der Waals surface area contributed by atoms with Crippen molar-refractivity contribution in [3.05, 3.63) is 65.7 Å². The molecule has 12 heteroatoms. The van der Waals surface area contributed by atoms with Gasteiger partial charge >= 0.3 is 5.97 Å². The predicted molar refractivity (Wildman–Crippen MR) is 129 cm³/mol. The summed E-state index contributed by atoms with van der Waals surface area (Å²) in [6, 6.07) is 13.0. The molecule has 0 aliphatic rings. The molecule has 0 bridgehead atoms. The molecule has 0 saturated carbocycles. The molecule has 0 spiro atoms. The zero-order chi connectivity index (χ0) is 26.5. The number of carbonyl (C=O) groups excluding carboxylic acids is 4. The fourth-order valence-electron chi connectivity index (χ4n) is 3.11. The van der Waals surface area contributed by atoms with E-state index in [0.29, 0.717) is 0 Å². The molecule has 2 unspecified atom stereocenters. The van der Waals surface area contributed by atoms with Gasteiger partial charge in [-0.25, -0.2) is 0 Å². The van der Waals surface area contributed by atoms with Gasteiger partial charge in [0.2, 0.25) is 23.6 Å². The van der Waals surface area contributed by atoms with E-state index in [1.54, 1.807) is 42.5 Å². The highest BCUT2D eigenvalue weighted by atomic mass is 16.4. The maximum atomic E-state index is 12.4. The Kier molecular flexibility index (Phi) is 10.9. The van der Waals surface area contributed by atoms with Crippen LogP contribution in [0.5, 0.6) is 5.75 Å². The van der Waals surface area contributed by atoms with Crippen LogP contribution in [0.4, 0.5) is 0 Å². The van der Waals surface area contributed by atoms with E-state index in [0.717, 1.165) is 11.1 Å². The van der Waals surface area contributed by atoms with Crippen LogP contribution in [0.3, 0.4) is 0 Å². The standard InChI is InChI=1S/C24H29N5O7/c25-18(10-16-6-8-17(30)9-7-16)23(35)27-12-20(31)26-13-21(32)29-19(24(36)28-14-22(33)34)11-15-4-2-1-3-5-15/h1-9,18-19,30H,10-14,25H2,(H,26,31)(H,27,35)(H,28,36)(H,29,32)(H,33,34). The molecule has 36 heavy (non-hydrogen) atoms. The van der Waals surface area contributed by atoms with Crippen LogP contribution in [0.15, 0.2) is 54.6 Å². The first kappa shape index (κ1) is 27.8. The first-order valence-electron chi connectivity index (χ1n) is 11.0. The minimum absolute atomic E-state index is 0.0877. The summed E-state index contributed by atoms with van der Waals surface area (Å²) in [4.78, 5) is 59.6. The zero-order valence-electron chi connectivity index (χ0n) is 19.4. The van der Waals surface area contributed by atoms with Crippen molar-refractivity contribution >= 4 is 29.6 Å². The maximum Gasteiger partial charge on any atom is 0.322 e. The molecule has 2 aromatic carbocycles. The van der Waals surface area contributed by atoms with Crippen LogP contribution in [-0.4, -0.2) is 71.5 Å². The van der Waals surface area contributed by atoms with Crippen LogP contribution in [0.2, 0.25) is 0 Å². The Morgan fingerprint density at radius 3 is 1.94 bits per heavy atom. The summed E-state index contributed by atoms with van der Waals surface area (Å²) < 4.78 is 0. The number of nitrogens with two attached hydrogens (primary N) is 1. The van der Waals surface area contributed by atoms with Gasteiger partial charge in [-0.15, -0.1) is 0 Å². The van der Waals surface area contributed by atoms with Crippen molar-refractivity contribution in [1.29, 1.82) is 0 Å². The van der Waals surface area contributed by atoms with Crippen molar-refractivity contribution in [3.8, 4) is 5.75 Å². The van der Waals surface area contributed by atoms with E-state index in [1.165, 1.54) is 12.1 Å². The average molecular weight is 500 g/mol. The molecular weight excluding hydrogens is 470 g/mol. The van der Waals surface area contributed by atoms with E-state index in [2.05, 4.69) is 21.3 Å². The molecule has 192 valence electrons. The average Bonchev–Trinajstić information content (AvgIpc) is 2.86. The molecule has 0 saturated heterocycles. The molecule has 2 rings (SSSR count). The van der Waals surface area contributed by atoms with Gasteiger partial charge < -0.3 is 37.2 Å². The van der Waals surface area contributed by atoms with Crippen LogP contribution >= 0.6 is 0 Å². The summed E-state index contributed by atoms with van der Waals surface area (Å²) in [6.45, 7) is -1.49. The summed E-state index contributed by atoms with van der Waals surface area (Å²) >= 11 is 0. The fourth-order valence-corrected chi connectivity index (χ4v) is 3.11. The maximum absolute atomic E-state index is 12.4. The monoisotopic (exact) mass is 499 g/mol. The lowest BCUT2D eigenvalue weighted by Crippen LogP contribution is -2.52. The second-order valence-electron chi connectivity index (χ2n) is 7.89. The number of aliphatic carboxylic acids is 1. The quantitative estimate of drug-likeness (QED) is 0.171. The molecule has 2 aromatic rings. The number of nitrogens with one attached hydrogen (secondary N) is 4. The summed E-state index contributed by atoms with van der Waals surface area (Å²) in [5, 5.41) is 27.5. The van der Waals surface area contributed by atoms with Gasteiger partial charge in [-0.3, -0.25) is 24.0 Å². The van der Waals surface area contributed by atoms with E-state index in [9.17, 15) is 29.1 Å². The number of carboxylic acids is 1. The highest BCUT2D eigenvalue weighted by Gasteiger charge is 2.22. The van der Waals surface area contributed by atoms with E-state index in [1.807, 2.05) is 0 Å². The molecule has 4 amide bonds. The first-order chi connectivity index (χ1) is 17.1. The molecule has 0 heterocycles. The van der Waals surface area contributed by atoms with Crippen LogP contribution < -0.4 is 27.0 Å². The number of hydrogen-bond donors (Lipinski definition) is 7. The number of benzene rings is 2. The Morgan fingerprint density at radius 1 is 0.722 bits per heavy atom. The van der Waals surface area contributed by atoms with Crippen LogP contribution in [0, 0.1) is 0 Å². The molecule has 8 N–H and O–H groups in total. The van der Waals surface area contributed by atoms with Gasteiger partial charge in [-0.2, -0.15) is 0 Å². The van der Waals surface area contributed by atoms with Crippen molar-refractivity contribution < 1.29 is 34.2 Å². The van der Waals surface area contributed by atoms with Gasteiger partial charge in [-0.05, 0) is 29.7 Å². The third kappa shape index (κ3) is 10.2. The number of aromatic hydroxyl groups is 1. The number of carboxylic acid groups (broad SMARTS) is 1. The third-order valence-corrected chi connectivity index (χ3v) is 4.95. The Bertz CT molecular complexity index is 1060. The lowest BCUT2D eigenvalue weighted by atomic mass is 10.1. The molecule has 0 aromatic heterocycles. The molecule has 0 fully saturated rings. The lowest BCUT2D eigenvalue weighted by molar-refractivity contribution is -0.138. The number of phenols is 1. The summed E-state index contributed by atoms with van der Waals surface area (Å²) in [6.07, 6.45) is 0.309. The first-order valence-corrected chi connectivity index (χ1v) is 11.0. The Hall–Kier alpha value is -4.45. The summed E-state index contributed by atoms with van der Waals surface area (Å²) in [5.41, 5.74) is 7.31. The summed E-state index contributed by atoms with van der Waals surface area (Å²) in [5.74, 6) is -3.72. The van der Waals surface area contributed by atoms with E-state index in [-0.39, 0.29) is 18.6 Å². The van der Waals surface area contributed by atoms with Crippen LogP contribution in [0.25, 0.3) is 0 Å². The fraction of sp³-hybridized carbons (Fsp3) is 0.292. The van der Waals surface area contributed by atoms with E-state index in [4.69, 9.17) is 10.8 Å². The van der Waals surface area contributed by atoms with Crippen molar-refractivity contribution in [2.75, 3.05) is 19.6 Å². The second-order valence-corrected chi connectivity index (χ2v) is 7.89. The van der Waals surface area contributed by atoms with Crippen molar-refractivity contribution in [1.82, 2.24) is 21.3 Å². The number of carbonyl (C=O) groups is 5. The minimum atomic E-state index is -1.23. The number of amides is 4. The molecule has 0 radical (unpaired) electrons. The van der Waals surface area contributed by atoms with Gasteiger partial charge in [-0.1, -0.05) is 42.5 Å². The second kappa shape index (κ2) is 14.1. The molecule has 0 aliphatic heterocycles. The van der Waals surface area contributed by atoms with Crippen molar-refractivity contribution in [2.45, 2.75) is 24.9 Å². The Balaban J connectivity index is 1.79. The van der Waals surface area contributed by atoms with Gasteiger partial charge in [0.15, 0.2) is 0 Å². The zero-order valence-corrected chi connectivity index (χ0v) is 19.4. The number of phenolic OH excluding ortho intramolecular Hbond substituents is 1. The lowest BCUT2D eigenvalue weighted by Gasteiger charge is -2.18. The molecule has 0 aliphatic carbocycles. The van der Waals surface area contributed by atoms with Gasteiger partial charge in [0.05, 0.1) is 19.1 Å². The van der Waals surface area contributed by atoms with E-state index < -0.39 is 61.3 Å². The highest BCUT2D eigenvalue weighted by molar-refractivity contribution is 5.92. The molecule has 2 atom stereocenters. The SMILES string of the molecule is NC(Cc1ccc(O)cc1)C(=O)NCC(=O)NCC(=O)NC(Cc1ccccc1)C(=O)NCC(=O)O. The van der Waals surface area contributed by atoms with Gasteiger partial charge in [0.25, 0.3) is 0 Å². The van der Waals surface area contributed by atoms with Crippen molar-refractivity contribution in [3.63, 3.8) is 0 Å². The third-order valence-electron chi connectivity index (χ3n) is 4.95. The molecule has 12 nitrogen and oxygen atoms in total. The topological polar surface area (TPSA) is 200 Å². The van der Waals surface area contributed by atoms with Crippen LogP contribution in [0.1, 0.15) is 11.1 Å². The normalized spacial score (nSPS) is 12.0. The number of rotatable bonds is 13. The van der Waals surface area contributed by atoms with Gasteiger partial charge in [0.1, 0.15) is 18.3 Å². The smallest absolute Gasteiger partial charge is 0.322 e. The van der Waals surface area contributed by atoms with E-state index >= 15 is 0 Å². The predicted octanol–water partition coefficient (Wildman–Crippen LogP) is -1.58. The van der Waals surface area contributed by atoms with Crippen molar-refractivity contribution in [2.24, 2.45) is 5.73 Å². The Labute approximate surface area is 207 Å². The highest BCUT2D eigenvalue weighted by Crippen LogP contribution is 2.10. The largest absolute Gasteiger partial charge is 0.508 e. The minimum Gasteiger partial charge on any atom is -0.508 e. The van der Waals surface area contributed by atoms with Crippen LogP contribution in [-0.2, 0) is 36.8 Å². The number of hydrogen-bond acceptors (Lipinski definition) is 7. The Morgan fingerprint density at radius 2 is 1.31 bits per heavy atom. The van der Waals surface area contributed by atoms with Gasteiger partial charge in [0, 0.05) is 6.42 Å². The molecular formula is C24H29N5O7. The summed E-state index contributed by atoms with van der Waals surface area (Å²) in [7, 11) is 0.